The number of imidazole rings is 1. The van der Waals surface area contributed by atoms with E-state index in [-0.39, 0.29) is 5.91 Å². The molecule has 0 fully saturated rings. The second-order valence-electron chi connectivity index (χ2n) is 6.07. The maximum absolute atomic E-state index is 11.5. The average Bonchev–Trinajstić information content (AvgIpc) is 3.04. The molecule has 0 saturated carbocycles. The molecule has 6 heteroatoms. The summed E-state index contributed by atoms with van der Waals surface area (Å²) >= 11 is 0. The number of aromatic nitrogens is 2. The van der Waals surface area contributed by atoms with Gasteiger partial charge in [-0.3, -0.25) is 9.20 Å². The van der Waals surface area contributed by atoms with Crippen LogP contribution in [0.3, 0.4) is 0 Å². The van der Waals surface area contributed by atoms with E-state index in [0.717, 1.165) is 42.3 Å². The number of rotatable bonds is 6. The number of hydrogen-bond acceptors (Lipinski definition) is 4. The van der Waals surface area contributed by atoms with Crippen molar-refractivity contribution in [3.05, 3.63) is 54.4 Å². The minimum atomic E-state index is 0.0712. The molecule has 0 atom stereocenters. The second-order valence-corrected chi connectivity index (χ2v) is 6.07. The fraction of sp³-hybridized carbons (Fsp3) is 0.263. The van der Waals surface area contributed by atoms with E-state index < -0.39 is 0 Å². The van der Waals surface area contributed by atoms with Crippen molar-refractivity contribution < 1.29 is 9.53 Å². The summed E-state index contributed by atoms with van der Waals surface area (Å²) in [7, 11) is 0. The van der Waals surface area contributed by atoms with Gasteiger partial charge in [0.15, 0.2) is 0 Å². The summed E-state index contributed by atoms with van der Waals surface area (Å²) in [6.07, 6.45) is 6.04. The molecule has 1 amide bonds. The largest absolute Gasteiger partial charge is 0.493 e. The first-order valence-electron chi connectivity index (χ1n) is 8.51. The van der Waals surface area contributed by atoms with Crippen LogP contribution in [0.5, 0.6) is 5.75 Å². The molecule has 1 aromatic carbocycles. The van der Waals surface area contributed by atoms with Gasteiger partial charge < -0.3 is 15.4 Å². The Balaban J connectivity index is 1.27. The molecular weight excluding hydrogens is 316 g/mol. The van der Waals surface area contributed by atoms with Gasteiger partial charge in [0.2, 0.25) is 5.91 Å². The number of pyridine rings is 1. The van der Waals surface area contributed by atoms with Crippen molar-refractivity contribution in [3.63, 3.8) is 0 Å². The van der Waals surface area contributed by atoms with E-state index >= 15 is 0 Å². The van der Waals surface area contributed by atoms with Crippen LogP contribution >= 0.6 is 0 Å². The Morgan fingerprint density at radius 3 is 3.16 bits per heavy atom. The molecule has 25 heavy (non-hydrogen) atoms. The van der Waals surface area contributed by atoms with Crippen LogP contribution in [0.1, 0.15) is 18.4 Å². The molecule has 3 heterocycles. The standard InChI is InChI=1S/C19H20N4O2/c24-19-8-6-14-5-7-15(12-16(14)22-19)25-11-3-9-20-18-13-21-17-4-1-2-10-23(17)18/h1-2,4-5,7,10,12-13,20H,3,6,8-9,11H2,(H,22,24). The van der Waals surface area contributed by atoms with E-state index in [0.29, 0.717) is 13.0 Å². The quantitative estimate of drug-likeness (QED) is 0.679. The van der Waals surface area contributed by atoms with Crippen LogP contribution < -0.4 is 15.4 Å². The average molecular weight is 336 g/mol. The lowest BCUT2D eigenvalue weighted by molar-refractivity contribution is -0.116. The molecule has 0 bridgehead atoms. The van der Waals surface area contributed by atoms with Gasteiger partial charge in [0.1, 0.15) is 17.2 Å². The maximum Gasteiger partial charge on any atom is 0.224 e. The van der Waals surface area contributed by atoms with Crippen molar-refractivity contribution in [1.29, 1.82) is 0 Å². The molecule has 0 aliphatic carbocycles. The van der Waals surface area contributed by atoms with Crippen LogP contribution in [0.15, 0.2) is 48.8 Å². The normalized spacial score (nSPS) is 13.4. The Bertz CT molecular complexity index is 903. The first-order chi connectivity index (χ1) is 12.3. The molecule has 0 spiro atoms. The lowest BCUT2D eigenvalue weighted by Gasteiger charge is -2.17. The van der Waals surface area contributed by atoms with Gasteiger partial charge in [-0.2, -0.15) is 0 Å². The third-order valence-corrected chi connectivity index (χ3v) is 4.29. The molecule has 1 aliphatic rings. The van der Waals surface area contributed by atoms with Gasteiger partial charge >= 0.3 is 0 Å². The van der Waals surface area contributed by atoms with Crippen molar-refractivity contribution >= 4 is 23.1 Å². The van der Waals surface area contributed by atoms with Gasteiger partial charge in [-0.05, 0) is 36.6 Å². The molecule has 0 saturated heterocycles. The van der Waals surface area contributed by atoms with E-state index in [1.807, 2.05) is 53.2 Å². The van der Waals surface area contributed by atoms with Gasteiger partial charge in [-0.15, -0.1) is 0 Å². The number of nitrogens with one attached hydrogen (secondary N) is 2. The zero-order valence-corrected chi connectivity index (χ0v) is 13.9. The predicted molar refractivity (Wildman–Crippen MR) is 97.2 cm³/mol. The molecular formula is C19H20N4O2. The number of hydrogen-bond donors (Lipinski definition) is 2. The Morgan fingerprint density at radius 1 is 1.24 bits per heavy atom. The number of fused-ring (bicyclic) bond motifs is 2. The summed E-state index contributed by atoms with van der Waals surface area (Å²) in [5.74, 6) is 1.84. The van der Waals surface area contributed by atoms with Gasteiger partial charge in [0, 0.05) is 30.9 Å². The fourth-order valence-corrected chi connectivity index (χ4v) is 2.98. The Hall–Kier alpha value is -3.02. The third kappa shape index (κ3) is 3.42. The van der Waals surface area contributed by atoms with Crippen molar-refractivity contribution in [2.24, 2.45) is 0 Å². The number of amides is 1. The third-order valence-electron chi connectivity index (χ3n) is 4.29. The minimum Gasteiger partial charge on any atom is -0.493 e. The summed E-state index contributed by atoms with van der Waals surface area (Å²) in [5.41, 5.74) is 2.97. The first kappa shape index (κ1) is 15.5. The molecule has 128 valence electrons. The summed E-state index contributed by atoms with van der Waals surface area (Å²) in [4.78, 5) is 15.8. The van der Waals surface area contributed by atoms with Crippen molar-refractivity contribution in [1.82, 2.24) is 9.38 Å². The summed E-state index contributed by atoms with van der Waals surface area (Å²) in [6.45, 7) is 1.40. The van der Waals surface area contributed by atoms with Crippen LogP contribution in [0.4, 0.5) is 11.5 Å². The SMILES string of the molecule is O=C1CCc2ccc(OCCCNc3cnc4ccccn34)cc2N1. The van der Waals surface area contributed by atoms with Gasteiger partial charge in [0.05, 0.1) is 12.8 Å². The van der Waals surface area contributed by atoms with E-state index in [9.17, 15) is 4.79 Å². The number of carbonyl (C=O) groups excluding carboxylic acids is 1. The second kappa shape index (κ2) is 6.84. The highest BCUT2D eigenvalue weighted by Gasteiger charge is 2.14. The number of carbonyl (C=O) groups is 1. The zero-order chi connectivity index (χ0) is 17.1. The van der Waals surface area contributed by atoms with Crippen LogP contribution in [-0.2, 0) is 11.2 Å². The monoisotopic (exact) mass is 336 g/mol. The summed E-state index contributed by atoms with van der Waals surface area (Å²) < 4.78 is 7.82. The molecule has 1 aliphatic heterocycles. The fourth-order valence-electron chi connectivity index (χ4n) is 2.98. The number of anilines is 2. The first-order valence-corrected chi connectivity index (χ1v) is 8.51. The minimum absolute atomic E-state index is 0.0712. The lowest BCUT2D eigenvalue weighted by atomic mass is 10.0. The number of benzene rings is 1. The lowest BCUT2D eigenvalue weighted by Crippen LogP contribution is -2.18. The summed E-state index contributed by atoms with van der Waals surface area (Å²) in [5, 5.41) is 6.27. The van der Waals surface area contributed by atoms with Crippen molar-refractivity contribution in [2.75, 3.05) is 23.8 Å². The van der Waals surface area contributed by atoms with E-state index in [4.69, 9.17) is 4.74 Å². The molecule has 4 rings (SSSR count). The van der Waals surface area contributed by atoms with Crippen LogP contribution in [0.25, 0.3) is 5.65 Å². The van der Waals surface area contributed by atoms with E-state index in [2.05, 4.69) is 15.6 Å². The molecule has 3 aromatic rings. The predicted octanol–water partition coefficient (Wildman–Crippen LogP) is 3.10. The molecule has 2 N–H and O–H groups in total. The van der Waals surface area contributed by atoms with Crippen LogP contribution in [0.2, 0.25) is 0 Å². The van der Waals surface area contributed by atoms with Gasteiger partial charge in [-0.25, -0.2) is 4.98 Å². The maximum atomic E-state index is 11.5. The highest BCUT2D eigenvalue weighted by Crippen LogP contribution is 2.27. The van der Waals surface area contributed by atoms with Gasteiger partial charge in [0.25, 0.3) is 0 Å². The molecule has 0 radical (unpaired) electrons. The smallest absolute Gasteiger partial charge is 0.224 e. The summed E-state index contributed by atoms with van der Waals surface area (Å²) in [6, 6.07) is 11.8. The van der Waals surface area contributed by atoms with Crippen molar-refractivity contribution in [2.45, 2.75) is 19.3 Å². The van der Waals surface area contributed by atoms with Crippen LogP contribution in [0, 0.1) is 0 Å². The highest BCUT2D eigenvalue weighted by molar-refractivity contribution is 5.94. The van der Waals surface area contributed by atoms with E-state index in [1.165, 1.54) is 5.56 Å². The number of nitrogens with zero attached hydrogens (tertiary/aromatic N) is 2. The zero-order valence-electron chi connectivity index (χ0n) is 13.9. The number of aryl methyl sites for hydroxylation is 1. The molecule has 2 aromatic heterocycles. The van der Waals surface area contributed by atoms with Crippen molar-refractivity contribution in [3.8, 4) is 5.75 Å². The Morgan fingerprint density at radius 2 is 2.20 bits per heavy atom. The Kier molecular flexibility index (Phi) is 4.24. The topological polar surface area (TPSA) is 67.7 Å². The van der Waals surface area contributed by atoms with E-state index in [1.54, 1.807) is 0 Å². The van der Waals surface area contributed by atoms with Crippen LogP contribution in [-0.4, -0.2) is 28.4 Å². The molecule has 6 nitrogen and oxygen atoms in total. The Labute approximate surface area is 145 Å². The van der Waals surface area contributed by atoms with Gasteiger partial charge in [-0.1, -0.05) is 12.1 Å². The molecule has 0 unspecified atom stereocenters. The number of ether oxygens (including phenoxy) is 1. The highest BCUT2D eigenvalue weighted by atomic mass is 16.5.